The maximum absolute atomic E-state index is 13.1. The number of anilines is 1. The molecule has 1 radical (unpaired) electrons. The smallest absolute Gasteiger partial charge is 0.395 e. The van der Waals surface area contributed by atoms with Gasteiger partial charge in [0.1, 0.15) is 5.54 Å². The predicted molar refractivity (Wildman–Crippen MR) is 87.6 cm³/mol. The van der Waals surface area contributed by atoms with Gasteiger partial charge in [-0.25, -0.2) is 5.26 Å². The van der Waals surface area contributed by atoms with Gasteiger partial charge in [-0.1, -0.05) is 5.69 Å². The number of aliphatic hydroxyl groups excluding tert-OH is 1. The molecule has 0 aromatic heterocycles. The SMILES string of the molecule is CC1(C)C(=O)N(c2[c-]c(C(F)(F)F)c(C#N)cc2)C(=S)N1CCCO.[Y]. The number of hydrogen-bond donors (Lipinski definition) is 1. The minimum Gasteiger partial charge on any atom is -0.396 e. The molecule has 0 atom stereocenters. The molecule has 1 heterocycles. The fourth-order valence-corrected chi connectivity index (χ4v) is 3.08. The monoisotopic (exact) mass is 459 g/mol. The molecule has 1 amide bonds. The van der Waals surface area contributed by atoms with Gasteiger partial charge >= 0.3 is 6.18 Å². The third kappa shape index (κ3) is 4.09. The first-order valence-corrected chi connectivity index (χ1v) is 7.77. The van der Waals surface area contributed by atoms with Gasteiger partial charge in [-0.05, 0) is 43.6 Å². The summed E-state index contributed by atoms with van der Waals surface area (Å²) in [7, 11) is 0. The third-order valence-electron chi connectivity index (χ3n) is 3.94. The first kappa shape index (κ1) is 23.0. The predicted octanol–water partition coefficient (Wildman–Crippen LogP) is 2.47. The zero-order valence-electron chi connectivity index (χ0n) is 14.1. The van der Waals surface area contributed by atoms with Crippen molar-refractivity contribution in [3.05, 3.63) is 29.3 Å². The quantitative estimate of drug-likeness (QED) is 0.554. The molecule has 10 heteroatoms. The van der Waals surface area contributed by atoms with Crippen LogP contribution in [-0.2, 0) is 43.7 Å². The number of aliphatic hydroxyl groups is 1. The molecule has 26 heavy (non-hydrogen) atoms. The maximum atomic E-state index is 13.1. The van der Waals surface area contributed by atoms with Crippen molar-refractivity contribution in [1.82, 2.24) is 4.90 Å². The molecule has 0 bridgehead atoms. The molecule has 0 aliphatic carbocycles. The molecule has 2 rings (SSSR count). The van der Waals surface area contributed by atoms with Crippen LogP contribution in [0.25, 0.3) is 0 Å². The molecular formula is C16H15F3N3O2SY-. The van der Waals surface area contributed by atoms with Crippen LogP contribution in [0.3, 0.4) is 0 Å². The van der Waals surface area contributed by atoms with Gasteiger partial charge in [-0.3, -0.25) is 9.69 Å². The van der Waals surface area contributed by atoms with E-state index in [1.807, 2.05) is 0 Å². The Labute approximate surface area is 179 Å². The molecule has 1 aromatic carbocycles. The standard InChI is InChI=1S/C16H15F3N3O2S.Y/c1-15(2)13(24)22(14(25)21(15)6-3-7-23)11-5-4-10(9-20)12(8-11)16(17,18)19;/h4-5,23H,3,6-7H2,1-2H3;/q-1;. The molecule has 1 aliphatic heterocycles. The fourth-order valence-electron chi connectivity index (χ4n) is 2.58. The Bertz CT molecular complexity index is 762. The summed E-state index contributed by atoms with van der Waals surface area (Å²) in [4.78, 5) is 15.2. The molecule has 0 saturated carbocycles. The number of benzene rings is 1. The Morgan fingerprint density at radius 3 is 2.50 bits per heavy atom. The van der Waals surface area contributed by atoms with Crippen LogP contribution in [0.4, 0.5) is 18.9 Å². The van der Waals surface area contributed by atoms with Crippen molar-refractivity contribution in [2.24, 2.45) is 0 Å². The number of nitriles is 1. The Kier molecular flexibility index (Phi) is 7.33. The van der Waals surface area contributed by atoms with Gasteiger partial charge < -0.3 is 10.0 Å². The molecule has 1 aromatic rings. The van der Waals surface area contributed by atoms with Gasteiger partial charge in [-0.2, -0.15) is 19.2 Å². The van der Waals surface area contributed by atoms with Crippen molar-refractivity contribution in [2.45, 2.75) is 32.0 Å². The summed E-state index contributed by atoms with van der Waals surface area (Å²) in [6.07, 6.45) is -4.42. The van der Waals surface area contributed by atoms with Crippen molar-refractivity contribution in [1.29, 1.82) is 5.26 Å². The van der Waals surface area contributed by atoms with E-state index in [9.17, 15) is 18.0 Å². The Morgan fingerprint density at radius 2 is 2.00 bits per heavy atom. The third-order valence-corrected chi connectivity index (χ3v) is 4.34. The zero-order valence-corrected chi connectivity index (χ0v) is 17.7. The minimum absolute atomic E-state index is 0. The van der Waals surface area contributed by atoms with Crippen LogP contribution in [0.2, 0.25) is 0 Å². The molecule has 1 saturated heterocycles. The largest absolute Gasteiger partial charge is 0.396 e. The number of hydrogen-bond acceptors (Lipinski definition) is 4. The molecule has 137 valence electrons. The van der Waals surface area contributed by atoms with E-state index in [0.29, 0.717) is 6.42 Å². The number of halogens is 3. The Hall–Kier alpha value is -1.08. The van der Waals surface area contributed by atoms with Gasteiger partial charge in [0.2, 0.25) is 0 Å². The Morgan fingerprint density at radius 1 is 1.38 bits per heavy atom. The fraction of sp³-hybridized carbons (Fsp3) is 0.438. The van der Waals surface area contributed by atoms with Gasteiger partial charge in [0, 0.05) is 51.9 Å². The average Bonchev–Trinajstić information content (AvgIpc) is 2.70. The second-order valence-corrected chi connectivity index (χ2v) is 6.32. The van der Waals surface area contributed by atoms with E-state index in [0.717, 1.165) is 11.0 Å². The molecule has 1 aliphatic rings. The number of carbonyl (C=O) groups excluding carboxylic acids is 1. The summed E-state index contributed by atoms with van der Waals surface area (Å²) in [6.45, 7) is 3.39. The van der Waals surface area contributed by atoms with Crippen LogP contribution in [0.5, 0.6) is 0 Å². The first-order chi connectivity index (χ1) is 11.6. The van der Waals surface area contributed by atoms with Gasteiger partial charge in [0.15, 0.2) is 5.11 Å². The number of amides is 1. The summed E-state index contributed by atoms with van der Waals surface area (Å²) in [5, 5.41) is 17.9. The molecule has 0 spiro atoms. The molecule has 0 unspecified atom stereocenters. The van der Waals surface area contributed by atoms with Crippen LogP contribution in [0.15, 0.2) is 12.1 Å². The summed E-state index contributed by atoms with van der Waals surface area (Å²) >= 11 is 5.26. The average molecular weight is 459 g/mol. The number of rotatable bonds is 4. The van der Waals surface area contributed by atoms with Crippen LogP contribution in [0.1, 0.15) is 31.4 Å². The van der Waals surface area contributed by atoms with Crippen molar-refractivity contribution in [3.63, 3.8) is 0 Å². The van der Waals surface area contributed by atoms with Crippen LogP contribution in [-0.4, -0.2) is 39.7 Å². The van der Waals surface area contributed by atoms with Crippen LogP contribution >= 0.6 is 12.2 Å². The normalized spacial score (nSPS) is 16.5. The van der Waals surface area contributed by atoms with Gasteiger partial charge in [0.05, 0.1) is 0 Å². The van der Waals surface area contributed by atoms with Gasteiger partial charge in [-0.15, -0.1) is 12.1 Å². The maximum Gasteiger partial charge on any atom is 0.395 e. The van der Waals surface area contributed by atoms with E-state index in [4.69, 9.17) is 22.6 Å². The van der Waals surface area contributed by atoms with E-state index in [2.05, 4.69) is 6.07 Å². The summed E-state index contributed by atoms with van der Waals surface area (Å²) in [5.41, 5.74) is -3.05. The molecular weight excluding hydrogens is 444 g/mol. The Balaban J connectivity index is 0.00000338. The number of carbonyl (C=O) groups is 1. The van der Waals surface area contributed by atoms with Crippen molar-refractivity contribution < 1.29 is 55.8 Å². The van der Waals surface area contributed by atoms with Crippen LogP contribution < -0.4 is 4.90 Å². The van der Waals surface area contributed by atoms with E-state index in [-0.39, 0.29) is 56.7 Å². The zero-order chi connectivity index (χ0) is 19.0. The number of nitrogens with zero attached hydrogens (tertiary/aromatic N) is 3. The summed E-state index contributed by atoms with van der Waals surface area (Å²) in [6, 6.07) is 5.79. The molecule has 1 fully saturated rings. The number of thiocarbonyl (C=S) groups is 1. The summed E-state index contributed by atoms with van der Waals surface area (Å²) < 4.78 is 39.4. The van der Waals surface area contributed by atoms with E-state index >= 15 is 0 Å². The topological polar surface area (TPSA) is 67.6 Å². The van der Waals surface area contributed by atoms with Crippen molar-refractivity contribution in [2.75, 3.05) is 18.1 Å². The van der Waals surface area contributed by atoms with E-state index in [1.54, 1.807) is 18.7 Å². The second kappa shape index (κ2) is 8.30. The van der Waals surface area contributed by atoms with Crippen molar-refractivity contribution in [3.8, 4) is 6.07 Å². The molecule has 1 N–H and O–H groups in total. The van der Waals surface area contributed by atoms with Crippen molar-refractivity contribution >= 4 is 28.9 Å². The van der Waals surface area contributed by atoms with Gasteiger partial charge in [0.25, 0.3) is 5.91 Å². The first-order valence-electron chi connectivity index (χ1n) is 7.36. The second-order valence-electron chi connectivity index (χ2n) is 5.95. The number of alkyl halides is 3. The van der Waals surface area contributed by atoms with Crippen LogP contribution in [0, 0.1) is 17.4 Å². The van der Waals surface area contributed by atoms with E-state index < -0.39 is 28.7 Å². The minimum atomic E-state index is -4.78. The molecule has 5 nitrogen and oxygen atoms in total. The summed E-state index contributed by atoms with van der Waals surface area (Å²) in [5.74, 6) is -0.496. The van der Waals surface area contributed by atoms with E-state index in [1.165, 1.54) is 12.1 Å².